The average Bonchev–Trinajstić information content (AvgIpc) is 3.69. The van der Waals surface area contributed by atoms with Gasteiger partial charge in [-0.3, -0.25) is 14.5 Å². The number of amides is 2. The van der Waals surface area contributed by atoms with Crippen molar-refractivity contribution in [1.29, 1.82) is 0 Å². The molecule has 1 heterocycles. The maximum absolute atomic E-state index is 12.6. The fourth-order valence-corrected chi connectivity index (χ4v) is 5.88. The van der Waals surface area contributed by atoms with E-state index in [1.54, 1.807) is 0 Å². The molecule has 2 fully saturated rings. The Labute approximate surface area is 207 Å². The fourth-order valence-electron chi connectivity index (χ4n) is 4.58. The summed E-state index contributed by atoms with van der Waals surface area (Å²) in [6.45, 7) is 4.77. The minimum atomic E-state index is -0.261. The van der Waals surface area contributed by atoms with Crippen LogP contribution < -0.4 is 10.6 Å². The molecular formula is C27H34N4O2S. The monoisotopic (exact) mass is 478 g/mol. The molecular weight excluding hydrogens is 444 g/mol. The zero-order chi connectivity index (χ0) is 23.9. The number of carbonyl (C=O) groups excluding carboxylic acids is 2. The predicted molar refractivity (Wildman–Crippen MR) is 139 cm³/mol. The van der Waals surface area contributed by atoms with Crippen LogP contribution in [0.3, 0.4) is 0 Å². The van der Waals surface area contributed by atoms with E-state index in [9.17, 15) is 9.59 Å². The number of hydrogen-bond donors (Lipinski definition) is 2. The summed E-state index contributed by atoms with van der Waals surface area (Å²) in [7, 11) is 0. The molecule has 1 saturated carbocycles. The molecule has 7 heteroatoms. The van der Waals surface area contributed by atoms with E-state index in [1.165, 1.54) is 29.2 Å². The minimum absolute atomic E-state index is 0.0383. The first-order valence-corrected chi connectivity index (χ1v) is 13.0. The summed E-state index contributed by atoms with van der Waals surface area (Å²) >= 11 is 1.83. The minimum Gasteiger partial charge on any atom is -0.346 e. The van der Waals surface area contributed by atoms with Crippen LogP contribution in [0.4, 0.5) is 0 Å². The maximum Gasteiger partial charge on any atom is 0.240 e. The van der Waals surface area contributed by atoms with E-state index in [0.29, 0.717) is 23.9 Å². The number of fused-ring (bicyclic) bond motifs is 1. The Morgan fingerprint density at radius 3 is 2.56 bits per heavy atom. The topological polar surface area (TPSA) is 64.7 Å². The molecule has 2 aromatic carbocycles. The summed E-state index contributed by atoms with van der Waals surface area (Å²) in [5, 5.41) is 8.54. The SMILES string of the molecule is C#CCNC(=O)CNC(=O)CN(SC1CC1)C1CCN(C(C)c2cccc3ccccc23)CC1. The molecule has 1 atom stereocenters. The Bertz CT molecular complexity index is 1040. The highest BCUT2D eigenvalue weighted by Crippen LogP contribution is 2.39. The van der Waals surface area contributed by atoms with Crippen LogP contribution in [0.25, 0.3) is 10.8 Å². The Morgan fingerprint density at radius 1 is 1.09 bits per heavy atom. The summed E-state index contributed by atoms with van der Waals surface area (Å²) in [5.74, 6) is 1.98. The third-order valence-electron chi connectivity index (χ3n) is 6.67. The Balaban J connectivity index is 1.32. The smallest absolute Gasteiger partial charge is 0.240 e. The van der Waals surface area contributed by atoms with E-state index in [1.807, 2.05) is 11.9 Å². The van der Waals surface area contributed by atoms with Crippen molar-refractivity contribution in [3.63, 3.8) is 0 Å². The molecule has 1 aliphatic heterocycles. The van der Waals surface area contributed by atoms with Crippen LogP contribution in [-0.4, -0.2) is 65.0 Å². The summed E-state index contributed by atoms with van der Waals surface area (Å²) in [6, 6.07) is 15.9. The van der Waals surface area contributed by atoms with Crippen LogP contribution >= 0.6 is 11.9 Å². The lowest BCUT2D eigenvalue weighted by atomic mass is 9.96. The molecule has 2 amide bonds. The quantitative estimate of drug-likeness (QED) is 0.405. The normalized spacial score (nSPS) is 17.9. The fraction of sp³-hybridized carbons (Fsp3) is 0.481. The van der Waals surface area contributed by atoms with E-state index in [2.05, 4.69) is 75.1 Å². The Hall–Kier alpha value is -2.53. The van der Waals surface area contributed by atoms with Gasteiger partial charge in [0.05, 0.1) is 19.6 Å². The second-order valence-electron chi connectivity index (χ2n) is 9.15. The van der Waals surface area contributed by atoms with Gasteiger partial charge >= 0.3 is 0 Å². The molecule has 0 bridgehead atoms. The summed E-state index contributed by atoms with van der Waals surface area (Å²) < 4.78 is 2.27. The molecule has 2 aliphatic rings. The average molecular weight is 479 g/mol. The number of hydrogen-bond acceptors (Lipinski definition) is 5. The number of benzene rings is 2. The van der Waals surface area contributed by atoms with Crippen LogP contribution in [-0.2, 0) is 9.59 Å². The number of rotatable bonds is 10. The second kappa shape index (κ2) is 11.7. The van der Waals surface area contributed by atoms with Gasteiger partial charge in [0.15, 0.2) is 0 Å². The highest BCUT2D eigenvalue weighted by molar-refractivity contribution is 7.97. The third kappa shape index (κ3) is 6.53. The van der Waals surface area contributed by atoms with Crippen molar-refractivity contribution in [3.8, 4) is 12.3 Å². The molecule has 1 unspecified atom stereocenters. The molecule has 180 valence electrons. The van der Waals surface area contributed by atoms with Crippen LogP contribution in [0.1, 0.15) is 44.2 Å². The van der Waals surface area contributed by atoms with E-state index in [-0.39, 0.29) is 24.9 Å². The first-order chi connectivity index (χ1) is 16.5. The van der Waals surface area contributed by atoms with E-state index >= 15 is 0 Å². The molecule has 34 heavy (non-hydrogen) atoms. The highest BCUT2D eigenvalue weighted by atomic mass is 32.2. The zero-order valence-corrected chi connectivity index (χ0v) is 20.7. The number of likely N-dealkylation sites (tertiary alicyclic amines) is 1. The van der Waals surface area contributed by atoms with Gasteiger partial charge in [-0.1, -0.05) is 60.3 Å². The van der Waals surface area contributed by atoms with Crippen molar-refractivity contribution in [1.82, 2.24) is 19.8 Å². The summed E-state index contributed by atoms with van der Waals surface area (Å²) in [6.07, 6.45) is 9.65. The first kappa shape index (κ1) is 24.6. The molecule has 0 aromatic heterocycles. The lowest BCUT2D eigenvalue weighted by Gasteiger charge is -2.40. The number of terminal acetylenes is 1. The van der Waals surface area contributed by atoms with Crippen LogP contribution in [0, 0.1) is 12.3 Å². The molecule has 1 saturated heterocycles. The zero-order valence-electron chi connectivity index (χ0n) is 19.8. The number of carbonyl (C=O) groups is 2. The lowest BCUT2D eigenvalue weighted by Crippen LogP contribution is -2.47. The Kier molecular flexibility index (Phi) is 8.49. The van der Waals surface area contributed by atoms with Crippen molar-refractivity contribution < 1.29 is 9.59 Å². The molecule has 6 nitrogen and oxygen atoms in total. The van der Waals surface area contributed by atoms with Crippen molar-refractivity contribution in [2.75, 3.05) is 32.7 Å². The second-order valence-corrected chi connectivity index (χ2v) is 10.5. The predicted octanol–water partition coefficient (Wildman–Crippen LogP) is 3.34. The van der Waals surface area contributed by atoms with Crippen molar-refractivity contribution in [2.24, 2.45) is 0 Å². The standard InChI is InChI=1S/C27H34N4O2S/c1-3-15-28-26(32)18-29-27(33)19-31(34-23-11-12-23)22-13-16-30(17-14-22)20(2)24-10-6-8-21-7-4-5-9-25(21)24/h1,4-10,20,22-23H,11-19H2,2H3,(H,28,32)(H,29,33). The van der Waals surface area contributed by atoms with Gasteiger partial charge in [-0.25, -0.2) is 4.31 Å². The van der Waals surface area contributed by atoms with Gasteiger partial charge < -0.3 is 10.6 Å². The van der Waals surface area contributed by atoms with Gasteiger partial charge in [-0.2, -0.15) is 0 Å². The molecule has 0 radical (unpaired) electrons. The van der Waals surface area contributed by atoms with Gasteiger partial charge in [0.2, 0.25) is 11.8 Å². The highest BCUT2D eigenvalue weighted by Gasteiger charge is 2.33. The number of nitrogens with zero attached hydrogens (tertiary/aromatic N) is 2. The van der Waals surface area contributed by atoms with E-state index in [4.69, 9.17) is 6.42 Å². The van der Waals surface area contributed by atoms with E-state index in [0.717, 1.165) is 25.9 Å². The molecule has 2 aromatic rings. The van der Waals surface area contributed by atoms with Crippen molar-refractivity contribution in [3.05, 3.63) is 48.0 Å². The maximum atomic E-state index is 12.6. The van der Waals surface area contributed by atoms with Crippen molar-refractivity contribution in [2.45, 2.75) is 49.9 Å². The molecule has 0 spiro atoms. The van der Waals surface area contributed by atoms with Gasteiger partial charge in [0, 0.05) is 30.4 Å². The van der Waals surface area contributed by atoms with Gasteiger partial charge in [-0.05, 0) is 48.9 Å². The molecule has 2 N–H and O–H groups in total. The number of nitrogens with one attached hydrogen (secondary N) is 2. The number of piperidine rings is 1. The summed E-state index contributed by atoms with van der Waals surface area (Å²) in [4.78, 5) is 26.9. The van der Waals surface area contributed by atoms with Gasteiger partial charge in [0.1, 0.15) is 0 Å². The lowest BCUT2D eigenvalue weighted by molar-refractivity contribution is -0.126. The van der Waals surface area contributed by atoms with Gasteiger partial charge in [0.25, 0.3) is 0 Å². The van der Waals surface area contributed by atoms with Crippen molar-refractivity contribution >= 4 is 34.5 Å². The largest absolute Gasteiger partial charge is 0.346 e. The molecule has 1 aliphatic carbocycles. The molecule has 4 rings (SSSR count). The Morgan fingerprint density at radius 2 is 1.82 bits per heavy atom. The summed E-state index contributed by atoms with van der Waals surface area (Å²) in [5.41, 5.74) is 1.38. The van der Waals surface area contributed by atoms with Crippen LogP contribution in [0.15, 0.2) is 42.5 Å². The van der Waals surface area contributed by atoms with E-state index < -0.39 is 0 Å². The van der Waals surface area contributed by atoms with Gasteiger partial charge in [-0.15, -0.1) is 6.42 Å². The van der Waals surface area contributed by atoms with Crippen LogP contribution in [0.5, 0.6) is 0 Å². The third-order valence-corrected chi connectivity index (χ3v) is 8.14. The first-order valence-electron chi connectivity index (χ1n) is 12.2. The van der Waals surface area contributed by atoms with Crippen LogP contribution in [0.2, 0.25) is 0 Å².